The van der Waals surface area contributed by atoms with Crippen LogP contribution in [0.1, 0.15) is 19.3 Å². The van der Waals surface area contributed by atoms with Crippen LogP contribution in [0.25, 0.3) is 0 Å². The number of carbonyl (C=O) groups excluding carboxylic acids is 2. The van der Waals surface area contributed by atoms with Gasteiger partial charge < -0.3 is 45.0 Å². The van der Waals surface area contributed by atoms with E-state index in [1.807, 2.05) is 18.2 Å². The first-order chi connectivity index (χ1) is 20.7. The molecule has 0 bridgehead atoms. The predicted octanol–water partition coefficient (Wildman–Crippen LogP) is -0.0913. The van der Waals surface area contributed by atoms with Gasteiger partial charge in [0.2, 0.25) is 11.8 Å². The van der Waals surface area contributed by atoms with Crippen LogP contribution in [0.2, 0.25) is 0 Å². The van der Waals surface area contributed by atoms with Gasteiger partial charge in [-0.3, -0.25) is 9.59 Å². The van der Waals surface area contributed by atoms with Crippen molar-refractivity contribution in [2.24, 2.45) is 28.8 Å². The molecule has 2 aromatic carbocycles. The number of nitrogens with zero attached hydrogens (tertiary/aromatic N) is 2. The van der Waals surface area contributed by atoms with Gasteiger partial charge in [-0.05, 0) is 37.1 Å². The van der Waals surface area contributed by atoms with E-state index >= 15 is 0 Å². The number of amides is 2. The van der Waals surface area contributed by atoms with E-state index in [1.54, 1.807) is 36.4 Å². The van der Waals surface area contributed by atoms with Gasteiger partial charge in [-0.2, -0.15) is 0 Å². The summed E-state index contributed by atoms with van der Waals surface area (Å²) >= 11 is 0. The van der Waals surface area contributed by atoms with Crippen molar-refractivity contribution in [3.63, 3.8) is 0 Å². The molecule has 4 aliphatic rings. The Labute approximate surface area is 246 Å². The third-order valence-corrected chi connectivity index (χ3v) is 8.96. The number of carbonyl (C=O) groups is 2. The summed E-state index contributed by atoms with van der Waals surface area (Å²) in [4.78, 5) is 34.0. The summed E-state index contributed by atoms with van der Waals surface area (Å²) < 4.78 is 11.2. The standard InChI is InChI=1S/C30H34N2O11/c33-13-21-25(36)26(37)27(38)30(42-21)43-31-19-12-20(34)24(35)22-17(19)9-10-18-23(22)29(40)32(28(18)39)14-5-4-8-16(11-14)41-15-6-2-1-3-7-15/h1-8,11,17-18,20-27,30,33-38H,9-10,12-13H2/t17-,18+,20+,21+,22-,23+,24+,25+,26-,27+,30-/m0/s1. The number of hydrogen-bond donors (Lipinski definition) is 6. The topological polar surface area (TPSA) is 199 Å². The van der Waals surface area contributed by atoms with Crippen LogP contribution >= 0.6 is 0 Å². The van der Waals surface area contributed by atoms with E-state index in [4.69, 9.17) is 14.3 Å². The predicted molar refractivity (Wildman–Crippen MR) is 148 cm³/mol. The highest BCUT2D eigenvalue weighted by Crippen LogP contribution is 2.50. The molecule has 0 unspecified atom stereocenters. The smallest absolute Gasteiger partial charge is 0.256 e. The Balaban J connectivity index is 1.24. The SMILES string of the molecule is O=C1[C@H]2[C@H]3[C@H](O)[C@H](O)CC(=NO[C@@H]4O[C@H](CO)[C@@H](O)[C@H](O)[C@H]4O)[C@@H]3CC[C@H]2C(=O)N1c1cccc(Oc2ccccc2)c1. The van der Waals surface area contributed by atoms with Crippen molar-refractivity contribution < 1.29 is 54.5 Å². The van der Waals surface area contributed by atoms with Crippen LogP contribution in [0.3, 0.4) is 0 Å². The molecule has 2 saturated heterocycles. The van der Waals surface area contributed by atoms with Crippen LogP contribution in [0.15, 0.2) is 59.8 Å². The summed E-state index contributed by atoms with van der Waals surface area (Å²) in [5.41, 5.74) is 0.634. The van der Waals surface area contributed by atoms with E-state index in [2.05, 4.69) is 5.16 Å². The van der Waals surface area contributed by atoms with Crippen molar-refractivity contribution in [3.8, 4) is 11.5 Å². The molecule has 0 radical (unpaired) electrons. The molecule has 13 heteroatoms. The van der Waals surface area contributed by atoms with Crippen LogP contribution in [-0.2, 0) is 19.2 Å². The summed E-state index contributed by atoms with van der Waals surface area (Å²) in [6.45, 7) is -0.645. The quantitative estimate of drug-likeness (QED) is 0.192. The minimum Gasteiger partial charge on any atom is -0.457 e. The molecule has 43 heavy (non-hydrogen) atoms. The van der Waals surface area contributed by atoms with Gasteiger partial charge in [0, 0.05) is 24.3 Å². The van der Waals surface area contributed by atoms with Gasteiger partial charge in [0.1, 0.15) is 35.9 Å². The van der Waals surface area contributed by atoms with Crippen LogP contribution in [0.4, 0.5) is 5.69 Å². The fourth-order valence-electron chi connectivity index (χ4n) is 6.81. The van der Waals surface area contributed by atoms with Crippen LogP contribution < -0.4 is 9.64 Å². The second-order valence-electron chi connectivity index (χ2n) is 11.5. The molecule has 2 amide bonds. The van der Waals surface area contributed by atoms with Gasteiger partial charge in [0.05, 0.1) is 42.0 Å². The molecule has 6 rings (SSSR count). The highest BCUT2D eigenvalue weighted by Gasteiger charge is 2.60. The Kier molecular flexibility index (Phi) is 8.22. The van der Waals surface area contributed by atoms with E-state index in [0.717, 1.165) is 4.90 Å². The summed E-state index contributed by atoms with van der Waals surface area (Å²) in [5, 5.41) is 65.8. The molecule has 2 heterocycles. The van der Waals surface area contributed by atoms with E-state index in [9.17, 15) is 40.2 Å². The number of imide groups is 1. The number of oxime groups is 1. The van der Waals surface area contributed by atoms with Crippen molar-refractivity contribution in [2.75, 3.05) is 11.5 Å². The van der Waals surface area contributed by atoms with Crippen molar-refractivity contribution in [1.82, 2.24) is 0 Å². The maximum absolute atomic E-state index is 13.9. The normalized spacial score (nSPS) is 38.5. The first-order valence-electron chi connectivity index (χ1n) is 14.3. The molecule has 4 fully saturated rings. The zero-order chi connectivity index (χ0) is 30.4. The fourth-order valence-corrected chi connectivity index (χ4v) is 6.81. The van der Waals surface area contributed by atoms with Gasteiger partial charge in [-0.1, -0.05) is 29.4 Å². The average molecular weight is 599 g/mol. The number of aliphatic hydroxyl groups excluding tert-OH is 6. The molecule has 13 nitrogen and oxygen atoms in total. The van der Waals surface area contributed by atoms with Gasteiger partial charge >= 0.3 is 0 Å². The number of anilines is 1. The van der Waals surface area contributed by atoms with Crippen LogP contribution in [0, 0.1) is 23.7 Å². The third kappa shape index (κ3) is 5.31. The molecule has 0 aromatic heterocycles. The lowest BCUT2D eigenvalue weighted by Crippen LogP contribution is -2.59. The lowest BCUT2D eigenvalue weighted by Gasteiger charge is -2.45. The second-order valence-corrected chi connectivity index (χ2v) is 11.5. The lowest BCUT2D eigenvalue weighted by molar-refractivity contribution is -0.301. The molecule has 2 saturated carbocycles. The number of rotatable bonds is 6. The maximum atomic E-state index is 13.9. The molecule has 0 spiro atoms. The highest BCUT2D eigenvalue weighted by atomic mass is 16.8. The fraction of sp³-hybridized carbons (Fsp3) is 0.500. The molecule has 11 atom stereocenters. The second kappa shape index (κ2) is 11.9. The average Bonchev–Trinajstić information content (AvgIpc) is 3.27. The summed E-state index contributed by atoms with van der Waals surface area (Å²) in [7, 11) is 0. The zero-order valence-corrected chi connectivity index (χ0v) is 23.0. The summed E-state index contributed by atoms with van der Waals surface area (Å²) in [6.07, 6.45) is -9.66. The van der Waals surface area contributed by atoms with Crippen molar-refractivity contribution in [1.29, 1.82) is 0 Å². The molecular weight excluding hydrogens is 564 g/mol. The third-order valence-electron chi connectivity index (χ3n) is 8.96. The Morgan fingerprint density at radius 1 is 0.837 bits per heavy atom. The number of benzene rings is 2. The molecule has 2 aliphatic carbocycles. The van der Waals surface area contributed by atoms with Gasteiger partial charge in [-0.15, -0.1) is 0 Å². The molecular formula is C30H34N2O11. The van der Waals surface area contributed by atoms with Crippen molar-refractivity contribution >= 4 is 23.2 Å². The minimum atomic E-state index is -1.68. The zero-order valence-electron chi connectivity index (χ0n) is 23.0. The largest absolute Gasteiger partial charge is 0.457 e. The Morgan fingerprint density at radius 3 is 2.30 bits per heavy atom. The maximum Gasteiger partial charge on any atom is 0.256 e. The number of para-hydroxylation sites is 1. The van der Waals surface area contributed by atoms with E-state index < -0.39 is 85.0 Å². The van der Waals surface area contributed by atoms with Gasteiger partial charge in [-0.25, -0.2) is 4.90 Å². The Bertz CT molecular complexity index is 1370. The first kappa shape index (κ1) is 29.6. The van der Waals surface area contributed by atoms with Gasteiger partial charge in [0.15, 0.2) is 0 Å². The van der Waals surface area contributed by atoms with Gasteiger partial charge in [0.25, 0.3) is 6.29 Å². The van der Waals surface area contributed by atoms with Crippen molar-refractivity contribution in [3.05, 3.63) is 54.6 Å². The van der Waals surface area contributed by atoms with Crippen LogP contribution in [0.5, 0.6) is 11.5 Å². The monoisotopic (exact) mass is 598 g/mol. The van der Waals surface area contributed by atoms with E-state index in [1.165, 1.54) is 0 Å². The van der Waals surface area contributed by atoms with E-state index in [-0.39, 0.29) is 6.42 Å². The number of hydrogen-bond acceptors (Lipinski definition) is 12. The number of ether oxygens (including phenoxy) is 2. The Hall–Kier alpha value is -3.43. The molecule has 2 aliphatic heterocycles. The van der Waals surface area contributed by atoms with Crippen molar-refractivity contribution in [2.45, 2.75) is 62.2 Å². The lowest BCUT2D eigenvalue weighted by atomic mass is 9.60. The molecule has 2 aromatic rings. The molecule has 230 valence electrons. The number of aliphatic hydroxyl groups is 6. The molecule has 6 N–H and O–H groups in total. The Morgan fingerprint density at radius 2 is 1.56 bits per heavy atom. The minimum absolute atomic E-state index is 0.0954. The van der Waals surface area contributed by atoms with E-state index in [0.29, 0.717) is 35.7 Å². The first-order valence-corrected chi connectivity index (χ1v) is 14.3. The summed E-state index contributed by atoms with van der Waals surface area (Å²) in [6, 6.07) is 15.7. The van der Waals surface area contributed by atoms with Crippen LogP contribution in [-0.4, -0.2) is 97.7 Å². The number of fused-ring (bicyclic) bond motifs is 3. The summed E-state index contributed by atoms with van der Waals surface area (Å²) in [5.74, 6) is -2.87. The highest BCUT2D eigenvalue weighted by molar-refractivity contribution is 6.22.